The second-order valence-electron chi connectivity index (χ2n) is 7.79. The molecule has 2 aromatic rings. The molecule has 1 N–H and O–H groups in total. The average Bonchev–Trinajstić information content (AvgIpc) is 3.26. The van der Waals surface area contributed by atoms with Crippen LogP contribution in [0.4, 0.5) is 0 Å². The van der Waals surface area contributed by atoms with Crippen LogP contribution < -0.4 is 5.32 Å². The van der Waals surface area contributed by atoms with Gasteiger partial charge in [0.2, 0.25) is 11.8 Å². The van der Waals surface area contributed by atoms with E-state index in [9.17, 15) is 9.59 Å². The summed E-state index contributed by atoms with van der Waals surface area (Å²) in [5.74, 6) is 1.07. The van der Waals surface area contributed by atoms with Gasteiger partial charge in [-0.3, -0.25) is 9.59 Å². The van der Waals surface area contributed by atoms with E-state index in [4.69, 9.17) is 0 Å². The van der Waals surface area contributed by atoms with Gasteiger partial charge in [0.25, 0.3) is 0 Å². The molecular formula is C24H29BrN2O2S. The van der Waals surface area contributed by atoms with Gasteiger partial charge in [-0.2, -0.15) is 0 Å². The molecule has 2 aromatic carbocycles. The van der Waals surface area contributed by atoms with E-state index in [1.54, 1.807) is 16.7 Å². The Kier molecular flexibility index (Phi) is 8.82. The maximum Gasteiger partial charge on any atom is 0.242 e. The largest absolute Gasteiger partial charge is 0.352 e. The third-order valence-corrected chi connectivity index (χ3v) is 6.99. The smallest absolute Gasteiger partial charge is 0.242 e. The fourth-order valence-electron chi connectivity index (χ4n) is 3.67. The normalized spacial score (nSPS) is 15.0. The molecule has 160 valence electrons. The van der Waals surface area contributed by atoms with Crippen LogP contribution in [0.5, 0.6) is 0 Å². The van der Waals surface area contributed by atoms with Crippen LogP contribution >= 0.6 is 27.7 Å². The van der Waals surface area contributed by atoms with Crippen molar-refractivity contribution >= 4 is 39.5 Å². The van der Waals surface area contributed by atoms with E-state index in [0.29, 0.717) is 12.3 Å². The first kappa shape index (κ1) is 22.9. The highest BCUT2D eigenvalue weighted by Gasteiger charge is 2.28. The Bertz CT molecular complexity index is 823. The van der Waals surface area contributed by atoms with Gasteiger partial charge in [0.1, 0.15) is 6.04 Å². The predicted octanol–water partition coefficient (Wildman–Crippen LogP) is 5.16. The van der Waals surface area contributed by atoms with Gasteiger partial charge >= 0.3 is 0 Å². The molecule has 1 aliphatic carbocycles. The van der Waals surface area contributed by atoms with Gasteiger partial charge in [0.15, 0.2) is 0 Å². The van der Waals surface area contributed by atoms with E-state index in [-0.39, 0.29) is 17.9 Å². The molecule has 1 unspecified atom stereocenters. The van der Waals surface area contributed by atoms with Gasteiger partial charge in [-0.25, -0.2) is 0 Å². The third kappa shape index (κ3) is 6.88. The molecule has 30 heavy (non-hydrogen) atoms. The quantitative estimate of drug-likeness (QED) is 0.530. The maximum absolute atomic E-state index is 13.1. The second kappa shape index (κ2) is 11.6. The Hall–Kier alpha value is -1.79. The van der Waals surface area contributed by atoms with Crippen LogP contribution in [0.1, 0.15) is 43.7 Å². The monoisotopic (exact) mass is 488 g/mol. The molecule has 0 radical (unpaired) electrons. The van der Waals surface area contributed by atoms with Crippen LogP contribution in [-0.2, 0) is 21.9 Å². The Morgan fingerprint density at radius 3 is 2.40 bits per heavy atom. The van der Waals surface area contributed by atoms with Gasteiger partial charge in [0, 0.05) is 22.8 Å². The van der Waals surface area contributed by atoms with Crippen molar-refractivity contribution in [2.45, 2.75) is 57.0 Å². The summed E-state index contributed by atoms with van der Waals surface area (Å²) < 4.78 is 0.995. The first-order valence-corrected chi connectivity index (χ1v) is 12.4. The molecule has 1 saturated carbocycles. The van der Waals surface area contributed by atoms with Crippen molar-refractivity contribution in [2.24, 2.45) is 0 Å². The van der Waals surface area contributed by atoms with Gasteiger partial charge in [0.05, 0.1) is 5.75 Å². The molecule has 0 bridgehead atoms. The summed E-state index contributed by atoms with van der Waals surface area (Å²) in [6, 6.07) is 17.8. The van der Waals surface area contributed by atoms with E-state index < -0.39 is 6.04 Å². The molecule has 0 heterocycles. The van der Waals surface area contributed by atoms with E-state index in [0.717, 1.165) is 41.5 Å². The lowest BCUT2D eigenvalue weighted by Gasteiger charge is -2.29. The van der Waals surface area contributed by atoms with Crippen LogP contribution in [0.3, 0.4) is 0 Å². The number of carbonyl (C=O) groups is 2. The van der Waals surface area contributed by atoms with Gasteiger partial charge in [-0.15, -0.1) is 11.8 Å². The highest BCUT2D eigenvalue weighted by molar-refractivity contribution is 9.10. The van der Waals surface area contributed by atoms with Crippen molar-refractivity contribution in [3.8, 4) is 0 Å². The van der Waals surface area contributed by atoms with E-state index in [2.05, 4.69) is 33.4 Å². The summed E-state index contributed by atoms with van der Waals surface area (Å²) in [5, 5.41) is 3.14. The molecule has 1 aliphatic rings. The summed E-state index contributed by atoms with van der Waals surface area (Å²) in [5.41, 5.74) is 2.21. The number of halogens is 1. The molecule has 0 saturated heterocycles. The highest BCUT2D eigenvalue weighted by atomic mass is 79.9. The van der Waals surface area contributed by atoms with E-state index in [1.165, 1.54) is 5.56 Å². The van der Waals surface area contributed by atoms with Crippen LogP contribution in [0.25, 0.3) is 0 Å². The number of thioether (sulfide) groups is 1. The van der Waals surface area contributed by atoms with Crippen LogP contribution in [0, 0.1) is 0 Å². The zero-order valence-electron chi connectivity index (χ0n) is 17.4. The van der Waals surface area contributed by atoms with Crippen molar-refractivity contribution < 1.29 is 9.59 Å². The molecular weight excluding hydrogens is 460 g/mol. The highest BCUT2D eigenvalue weighted by Crippen LogP contribution is 2.20. The number of nitrogens with one attached hydrogen (secondary N) is 1. The Balaban J connectivity index is 1.64. The predicted molar refractivity (Wildman–Crippen MR) is 127 cm³/mol. The second-order valence-corrected chi connectivity index (χ2v) is 9.69. The molecule has 0 aromatic heterocycles. The third-order valence-electron chi connectivity index (χ3n) is 5.47. The summed E-state index contributed by atoms with van der Waals surface area (Å²) in [6.45, 7) is 2.26. The molecule has 6 heteroatoms. The SMILES string of the molecule is CC(C(=O)NC1CCCC1)N(Cc1ccc(Br)cc1)C(=O)CSCc1ccccc1. The first-order valence-electron chi connectivity index (χ1n) is 10.5. The maximum atomic E-state index is 13.1. The van der Waals surface area contributed by atoms with E-state index >= 15 is 0 Å². The Labute approximate surface area is 191 Å². The molecule has 0 aliphatic heterocycles. The molecule has 1 atom stereocenters. The lowest BCUT2D eigenvalue weighted by Crippen LogP contribution is -2.50. The van der Waals surface area contributed by atoms with Crippen LogP contribution in [-0.4, -0.2) is 34.6 Å². The standard InChI is InChI=1S/C24H29BrN2O2S/c1-18(24(29)26-22-9-5-6-10-22)27(15-19-11-13-21(25)14-12-19)23(28)17-30-16-20-7-3-2-4-8-20/h2-4,7-8,11-14,18,22H,5-6,9-10,15-17H2,1H3,(H,26,29). The van der Waals surface area contributed by atoms with Crippen LogP contribution in [0.15, 0.2) is 59.1 Å². The average molecular weight is 489 g/mol. The van der Waals surface area contributed by atoms with Crippen molar-refractivity contribution in [2.75, 3.05) is 5.75 Å². The lowest BCUT2D eigenvalue weighted by atomic mass is 10.1. The fraction of sp³-hybridized carbons (Fsp3) is 0.417. The number of nitrogens with zero attached hydrogens (tertiary/aromatic N) is 1. The number of hydrogen-bond acceptors (Lipinski definition) is 3. The number of carbonyl (C=O) groups excluding carboxylic acids is 2. The number of benzene rings is 2. The lowest BCUT2D eigenvalue weighted by molar-refractivity contribution is -0.138. The minimum Gasteiger partial charge on any atom is -0.352 e. The molecule has 4 nitrogen and oxygen atoms in total. The van der Waals surface area contributed by atoms with Crippen molar-refractivity contribution in [1.29, 1.82) is 0 Å². The fourth-order valence-corrected chi connectivity index (χ4v) is 4.81. The summed E-state index contributed by atoms with van der Waals surface area (Å²) in [4.78, 5) is 27.7. The van der Waals surface area contributed by atoms with Crippen molar-refractivity contribution in [3.05, 3.63) is 70.2 Å². The summed E-state index contributed by atoms with van der Waals surface area (Å²) in [7, 11) is 0. The summed E-state index contributed by atoms with van der Waals surface area (Å²) in [6.07, 6.45) is 4.39. The van der Waals surface area contributed by atoms with Gasteiger partial charge < -0.3 is 10.2 Å². The number of amides is 2. The molecule has 2 amide bonds. The summed E-state index contributed by atoms with van der Waals surface area (Å²) >= 11 is 5.04. The Morgan fingerprint density at radius 2 is 1.73 bits per heavy atom. The van der Waals surface area contributed by atoms with Gasteiger partial charge in [-0.05, 0) is 43.0 Å². The molecule has 0 spiro atoms. The number of rotatable bonds is 9. The van der Waals surface area contributed by atoms with Crippen LogP contribution in [0.2, 0.25) is 0 Å². The van der Waals surface area contributed by atoms with Gasteiger partial charge in [-0.1, -0.05) is 71.2 Å². The molecule has 1 fully saturated rings. The zero-order chi connectivity index (χ0) is 21.3. The Morgan fingerprint density at radius 1 is 1.07 bits per heavy atom. The van der Waals surface area contributed by atoms with Crippen molar-refractivity contribution in [3.63, 3.8) is 0 Å². The minimum absolute atomic E-state index is 0.00655. The topological polar surface area (TPSA) is 49.4 Å². The van der Waals surface area contributed by atoms with E-state index in [1.807, 2.05) is 49.4 Å². The minimum atomic E-state index is -0.501. The first-order chi connectivity index (χ1) is 14.5. The van der Waals surface area contributed by atoms with Crippen molar-refractivity contribution in [1.82, 2.24) is 10.2 Å². The number of hydrogen-bond donors (Lipinski definition) is 1. The zero-order valence-corrected chi connectivity index (χ0v) is 19.8. The molecule has 3 rings (SSSR count).